The van der Waals surface area contributed by atoms with Crippen LogP contribution in [0.2, 0.25) is 5.02 Å². The van der Waals surface area contributed by atoms with Crippen LogP contribution in [0.4, 0.5) is 11.4 Å². The number of nitrogens with one attached hydrogen (secondary N) is 1. The standard InChI is InChI=1S/C23H19ClN4O4S2/c24-21-9-4-16(15-20(21)23-19-3-1-11-25-22(19)10-12-26-23)27-34(31,32)18-7-5-17(6-8-18)28-13-2-14-33(28,29)30/h1,3-12,15,27H,2,13-14H2. The van der Waals surface area contributed by atoms with Gasteiger partial charge in [0.25, 0.3) is 10.0 Å². The van der Waals surface area contributed by atoms with E-state index in [1.807, 2.05) is 6.07 Å². The maximum Gasteiger partial charge on any atom is 0.261 e. The largest absolute Gasteiger partial charge is 0.280 e. The number of sulfonamides is 2. The molecule has 0 aliphatic carbocycles. The second-order valence-corrected chi connectivity index (χ2v) is 11.9. The van der Waals surface area contributed by atoms with Gasteiger partial charge in [0.2, 0.25) is 10.0 Å². The van der Waals surface area contributed by atoms with Crippen LogP contribution in [0.3, 0.4) is 0 Å². The molecule has 0 spiro atoms. The molecule has 0 saturated carbocycles. The van der Waals surface area contributed by atoms with E-state index in [4.69, 9.17) is 11.6 Å². The first kappa shape index (κ1) is 22.6. The Labute approximate surface area is 202 Å². The highest BCUT2D eigenvalue weighted by molar-refractivity contribution is 7.93. The minimum atomic E-state index is -3.93. The monoisotopic (exact) mass is 514 g/mol. The van der Waals surface area contributed by atoms with Crippen LogP contribution in [0, 0.1) is 0 Å². The fraction of sp³-hybridized carbons (Fsp3) is 0.130. The molecule has 0 amide bonds. The lowest BCUT2D eigenvalue weighted by Gasteiger charge is -2.17. The highest BCUT2D eigenvalue weighted by Gasteiger charge is 2.28. The van der Waals surface area contributed by atoms with Crippen molar-refractivity contribution in [2.24, 2.45) is 0 Å². The van der Waals surface area contributed by atoms with E-state index in [-0.39, 0.29) is 10.6 Å². The van der Waals surface area contributed by atoms with Gasteiger partial charge in [-0.2, -0.15) is 0 Å². The molecule has 1 N–H and O–H groups in total. The number of anilines is 2. The van der Waals surface area contributed by atoms with Crippen LogP contribution in [-0.4, -0.2) is 39.1 Å². The summed E-state index contributed by atoms with van der Waals surface area (Å²) in [6.45, 7) is 0.387. The molecule has 4 aromatic rings. The molecule has 34 heavy (non-hydrogen) atoms. The maximum absolute atomic E-state index is 13.0. The first-order valence-electron chi connectivity index (χ1n) is 10.4. The molecular weight excluding hydrogens is 496 g/mol. The number of pyridine rings is 2. The van der Waals surface area contributed by atoms with Crippen molar-refractivity contribution in [3.05, 3.63) is 78.1 Å². The third-order valence-electron chi connectivity index (χ3n) is 5.54. The SMILES string of the molecule is O=S(=O)(Nc1ccc(Cl)c(-c2nccc3ncccc23)c1)c1ccc(N2CCCS2(=O)=O)cc1. The highest BCUT2D eigenvalue weighted by atomic mass is 35.5. The van der Waals surface area contributed by atoms with Gasteiger partial charge in [0, 0.05) is 35.6 Å². The Morgan fingerprint density at radius 2 is 1.76 bits per heavy atom. The summed E-state index contributed by atoms with van der Waals surface area (Å²) in [7, 11) is -7.27. The number of benzene rings is 2. The minimum Gasteiger partial charge on any atom is -0.280 e. The van der Waals surface area contributed by atoms with E-state index < -0.39 is 20.0 Å². The van der Waals surface area contributed by atoms with Gasteiger partial charge >= 0.3 is 0 Å². The number of halogens is 1. The molecule has 0 unspecified atom stereocenters. The molecule has 0 radical (unpaired) electrons. The van der Waals surface area contributed by atoms with Crippen LogP contribution < -0.4 is 9.03 Å². The van der Waals surface area contributed by atoms with Crippen LogP contribution in [0.1, 0.15) is 6.42 Å². The average Bonchev–Trinajstić information content (AvgIpc) is 3.19. The molecule has 3 heterocycles. The Bertz CT molecular complexity index is 1600. The summed E-state index contributed by atoms with van der Waals surface area (Å²) in [6, 6.07) is 16.0. The molecule has 0 atom stereocenters. The normalized spacial score (nSPS) is 15.5. The Balaban J connectivity index is 1.45. The number of hydrogen-bond donors (Lipinski definition) is 1. The fourth-order valence-corrected chi connectivity index (χ4v) is 6.74. The van der Waals surface area contributed by atoms with Crippen LogP contribution in [0.5, 0.6) is 0 Å². The van der Waals surface area contributed by atoms with E-state index in [0.717, 1.165) is 10.9 Å². The lowest BCUT2D eigenvalue weighted by molar-refractivity contribution is 0.599. The summed E-state index contributed by atoms with van der Waals surface area (Å²) < 4.78 is 54.1. The smallest absolute Gasteiger partial charge is 0.261 e. The van der Waals surface area contributed by atoms with E-state index in [1.165, 1.54) is 28.6 Å². The van der Waals surface area contributed by atoms with Crippen molar-refractivity contribution in [1.82, 2.24) is 9.97 Å². The van der Waals surface area contributed by atoms with Crippen molar-refractivity contribution in [3.63, 3.8) is 0 Å². The van der Waals surface area contributed by atoms with Crippen molar-refractivity contribution in [2.75, 3.05) is 21.3 Å². The van der Waals surface area contributed by atoms with Gasteiger partial charge in [0.1, 0.15) is 0 Å². The predicted molar refractivity (Wildman–Crippen MR) is 133 cm³/mol. The Morgan fingerprint density at radius 1 is 0.971 bits per heavy atom. The highest BCUT2D eigenvalue weighted by Crippen LogP contribution is 2.34. The van der Waals surface area contributed by atoms with Crippen molar-refractivity contribution < 1.29 is 16.8 Å². The molecule has 1 fully saturated rings. The van der Waals surface area contributed by atoms with Gasteiger partial charge in [-0.3, -0.25) is 19.0 Å². The lowest BCUT2D eigenvalue weighted by atomic mass is 10.1. The average molecular weight is 515 g/mol. The maximum atomic E-state index is 13.0. The fourth-order valence-electron chi connectivity index (χ4n) is 3.92. The van der Waals surface area contributed by atoms with Crippen LogP contribution in [-0.2, 0) is 20.0 Å². The van der Waals surface area contributed by atoms with Gasteiger partial charge in [0.15, 0.2) is 0 Å². The topological polar surface area (TPSA) is 109 Å². The third kappa shape index (κ3) is 4.20. The molecule has 1 aliphatic rings. The minimum absolute atomic E-state index is 0.0110. The zero-order valence-corrected chi connectivity index (χ0v) is 20.1. The van der Waals surface area contributed by atoms with Crippen molar-refractivity contribution in [1.29, 1.82) is 0 Å². The van der Waals surface area contributed by atoms with E-state index in [2.05, 4.69) is 14.7 Å². The molecule has 2 aromatic carbocycles. The van der Waals surface area contributed by atoms with E-state index >= 15 is 0 Å². The van der Waals surface area contributed by atoms with Crippen LogP contribution >= 0.6 is 11.6 Å². The van der Waals surface area contributed by atoms with E-state index in [9.17, 15) is 16.8 Å². The molecule has 174 valence electrons. The summed E-state index contributed by atoms with van der Waals surface area (Å²) in [4.78, 5) is 8.78. The number of hydrogen-bond acceptors (Lipinski definition) is 6. The van der Waals surface area contributed by atoms with Gasteiger partial charge in [-0.1, -0.05) is 11.6 Å². The molecule has 8 nitrogen and oxygen atoms in total. The van der Waals surface area contributed by atoms with Gasteiger partial charge in [-0.25, -0.2) is 16.8 Å². The summed E-state index contributed by atoms with van der Waals surface area (Å²) >= 11 is 6.43. The zero-order valence-electron chi connectivity index (χ0n) is 17.7. The molecule has 2 aromatic heterocycles. The predicted octanol–water partition coefficient (Wildman–Crippen LogP) is 4.29. The summed E-state index contributed by atoms with van der Waals surface area (Å²) in [5, 5.41) is 1.21. The first-order chi connectivity index (χ1) is 16.2. The number of nitrogens with zero attached hydrogens (tertiary/aromatic N) is 3. The van der Waals surface area contributed by atoms with Crippen LogP contribution in [0.25, 0.3) is 22.2 Å². The summed E-state index contributed by atoms with van der Waals surface area (Å²) in [5.74, 6) is 0.0924. The van der Waals surface area contributed by atoms with Gasteiger partial charge in [0.05, 0.1) is 32.6 Å². The number of aromatic nitrogens is 2. The molecule has 11 heteroatoms. The number of fused-ring (bicyclic) bond motifs is 1. The lowest BCUT2D eigenvalue weighted by Crippen LogP contribution is -2.25. The molecule has 1 saturated heterocycles. The molecule has 1 aliphatic heterocycles. The van der Waals surface area contributed by atoms with E-state index in [0.29, 0.717) is 40.6 Å². The summed E-state index contributed by atoms with van der Waals surface area (Å²) in [6.07, 6.45) is 3.85. The quantitative estimate of drug-likeness (QED) is 0.425. The second-order valence-electron chi connectivity index (χ2n) is 7.77. The molecule has 5 rings (SSSR count). The summed E-state index contributed by atoms with van der Waals surface area (Å²) in [5.41, 5.74) is 2.66. The molecular formula is C23H19ClN4O4S2. The van der Waals surface area contributed by atoms with E-state index in [1.54, 1.807) is 42.7 Å². The molecule has 0 bridgehead atoms. The Kier molecular flexibility index (Phi) is 5.67. The number of rotatable bonds is 5. The second kappa shape index (κ2) is 8.53. The van der Waals surface area contributed by atoms with Crippen molar-refractivity contribution in [2.45, 2.75) is 11.3 Å². The van der Waals surface area contributed by atoms with Crippen molar-refractivity contribution >= 4 is 53.9 Å². The van der Waals surface area contributed by atoms with Gasteiger partial charge in [-0.15, -0.1) is 0 Å². The Hall–Kier alpha value is -3.21. The third-order valence-corrected chi connectivity index (χ3v) is 9.13. The van der Waals surface area contributed by atoms with Crippen molar-refractivity contribution in [3.8, 4) is 11.3 Å². The van der Waals surface area contributed by atoms with Gasteiger partial charge in [-0.05, 0) is 67.1 Å². The Morgan fingerprint density at radius 3 is 2.50 bits per heavy atom. The van der Waals surface area contributed by atoms with Gasteiger partial charge < -0.3 is 0 Å². The first-order valence-corrected chi connectivity index (χ1v) is 13.8. The zero-order chi connectivity index (χ0) is 23.9. The van der Waals surface area contributed by atoms with Crippen LogP contribution in [0.15, 0.2) is 78.0 Å².